The summed E-state index contributed by atoms with van der Waals surface area (Å²) in [6.45, 7) is 5.49. The average molecular weight is 328 g/mol. The van der Waals surface area contributed by atoms with Crippen LogP contribution in [-0.4, -0.2) is 31.6 Å². The molecular weight excluding hydrogens is 306 g/mol. The molecule has 1 rings (SSSR count). The van der Waals surface area contributed by atoms with Crippen molar-refractivity contribution < 1.29 is 19.1 Å². The fraction of sp³-hybridized carbons (Fsp3) is 0.500. The maximum atomic E-state index is 12.0. The van der Waals surface area contributed by atoms with E-state index in [-0.39, 0.29) is 18.4 Å². The second-order valence-corrected chi connectivity index (χ2v) is 5.59. The van der Waals surface area contributed by atoms with Gasteiger partial charge in [0.1, 0.15) is 11.8 Å². The maximum Gasteiger partial charge on any atom is 0.328 e. The van der Waals surface area contributed by atoms with E-state index < -0.39 is 12.0 Å². The standard InChI is InChI=1S/C16H22ClNO4/c1-5-10(2)15(16(20)21-4)18-14(19)9-22-13-7-6-12(17)8-11(13)3/h6-8,10,15H,5,9H2,1-4H3,(H,18,19)/t10-,15-/m0/s1. The van der Waals surface area contributed by atoms with Gasteiger partial charge in [-0.2, -0.15) is 0 Å². The van der Waals surface area contributed by atoms with Crippen LogP contribution in [-0.2, 0) is 14.3 Å². The molecule has 2 atom stereocenters. The molecule has 22 heavy (non-hydrogen) atoms. The third kappa shape index (κ3) is 5.22. The van der Waals surface area contributed by atoms with Gasteiger partial charge in [0.05, 0.1) is 7.11 Å². The summed E-state index contributed by atoms with van der Waals surface area (Å²) in [5.41, 5.74) is 0.840. The highest BCUT2D eigenvalue weighted by molar-refractivity contribution is 6.30. The molecule has 0 spiro atoms. The van der Waals surface area contributed by atoms with E-state index in [1.807, 2.05) is 20.8 Å². The highest BCUT2D eigenvalue weighted by Crippen LogP contribution is 2.21. The number of rotatable bonds is 7. The van der Waals surface area contributed by atoms with Crippen molar-refractivity contribution in [1.29, 1.82) is 0 Å². The van der Waals surface area contributed by atoms with Crippen LogP contribution in [0.1, 0.15) is 25.8 Å². The largest absolute Gasteiger partial charge is 0.484 e. The second kappa shape index (κ2) is 8.63. The number of nitrogens with one attached hydrogen (secondary N) is 1. The minimum Gasteiger partial charge on any atom is -0.484 e. The van der Waals surface area contributed by atoms with E-state index in [9.17, 15) is 9.59 Å². The molecule has 0 aliphatic rings. The molecule has 1 aromatic rings. The van der Waals surface area contributed by atoms with Crippen LogP contribution in [0.25, 0.3) is 0 Å². The van der Waals surface area contributed by atoms with E-state index in [4.69, 9.17) is 21.1 Å². The Hall–Kier alpha value is -1.75. The molecular formula is C16H22ClNO4. The molecule has 0 saturated carbocycles. The third-order valence-electron chi connectivity index (χ3n) is 3.48. The molecule has 1 N–H and O–H groups in total. The van der Waals surface area contributed by atoms with Crippen LogP contribution in [0.3, 0.4) is 0 Å². The van der Waals surface area contributed by atoms with Gasteiger partial charge in [0.15, 0.2) is 6.61 Å². The number of aryl methyl sites for hydroxylation is 1. The summed E-state index contributed by atoms with van der Waals surface area (Å²) in [6.07, 6.45) is 0.747. The molecule has 0 heterocycles. The first kappa shape index (κ1) is 18.3. The van der Waals surface area contributed by atoms with Gasteiger partial charge in [0, 0.05) is 5.02 Å². The quantitative estimate of drug-likeness (QED) is 0.782. The smallest absolute Gasteiger partial charge is 0.328 e. The summed E-state index contributed by atoms with van der Waals surface area (Å²) in [4.78, 5) is 23.7. The van der Waals surface area contributed by atoms with Crippen LogP contribution in [0.4, 0.5) is 0 Å². The van der Waals surface area contributed by atoms with Crippen LogP contribution < -0.4 is 10.1 Å². The van der Waals surface area contributed by atoms with Gasteiger partial charge in [-0.1, -0.05) is 31.9 Å². The summed E-state index contributed by atoms with van der Waals surface area (Å²) in [5.74, 6) is -0.262. The van der Waals surface area contributed by atoms with E-state index in [2.05, 4.69) is 5.32 Å². The van der Waals surface area contributed by atoms with Crippen LogP contribution >= 0.6 is 11.6 Å². The van der Waals surface area contributed by atoms with E-state index in [0.29, 0.717) is 10.8 Å². The number of carbonyl (C=O) groups is 2. The van der Waals surface area contributed by atoms with E-state index >= 15 is 0 Å². The van der Waals surface area contributed by atoms with Crippen LogP contribution in [0.5, 0.6) is 5.75 Å². The summed E-state index contributed by atoms with van der Waals surface area (Å²) in [6, 6.07) is 4.48. The van der Waals surface area contributed by atoms with Crippen molar-refractivity contribution >= 4 is 23.5 Å². The lowest BCUT2D eigenvalue weighted by atomic mass is 9.99. The molecule has 0 aliphatic heterocycles. The van der Waals surface area contributed by atoms with Crippen molar-refractivity contribution in [2.24, 2.45) is 5.92 Å². The summed E-state index contributed by atoms with van der Waals surface area (Å²) in [7, 11) is 1.30. The number of hydrogen-bond acceptors (Lipinski definition) is 4. The molecule has 1 aromatic carbocycles. The Bertz CT molecular complexity index is 533. The fourth-order valence-corrected chi connectivity index (χ4v) is 2.16. The van der Waals surface area contributed by atoms with Crippen molar-refractivity contribution in [3.63, 3.8) is 0 Å². The number of hydrogen-bond donors (Lipinski definition) is 1. The molecule has 0 bridgehead atoms. The van der Waals surface area contributed by atoms with E-state index in [1.54, 1.807) is 18.2 Å². The zero-order valence-electron chi connectivity index (χ0n) is 13.3. The zero-order valence-corrected chi connectivity index (χ0v) is 14.1. The number of amides is 1. The Balaban J connectivity index is 2.62. The summed E-state index contributed by atoms with van der Waals surface area (Å²) >= 11 is 5.86. The number of ether oxygens (including phenoxy) is 2. The zero-order chi connectivity index (χ0) is 16.7. The SMILES string of the molecule is CC[C@H](C)[C@H](NC(=O)COc1ccc(Cl)cc1C)C(=O)OC. The molecule has 6 heteroatoms. The molecule has 0 radical (unpaired) electrons. The molecule has 122 valence electrons. The number of esters is 1. The summed E-state index contributed by atoms with van der Waals surface area (Å²) < 4.78 is 10.2. The van der Waals surface area contributed by atoms with Crippen molar-refractivity contribution in [1.82, 2.24) is 5.32 Å². The first-order valence-electron chi connectivity index (χ1n) is 7.15. The third-order valence-corrected chi connectivity index (χ3v) is 3.72. The number of halogens is 1. The molecule has 0 unspecified atom stereocenters. The highest BCUT2D eigenvalue weighted by atomic mass is 35.5. The maximum absolute atomic E-state index is 12.0. The van der Waals surface area contributed by atoms with Gasteiger partial charge in [-0.25, -0.2) is 4.79 Å². The first-order valence-corrected chi connectivity index (χ1v) is 7.53. The average Bonchev–Trinajstić information content (AvgIpc) is 2.50. The second-order valence-electron chi connectivity index (χ2n) is 5.15. The van der Waals surface area contributed by atoms with Crippen LogP contribution in [0.15, 0.2) is 18.2 Å². The van der Waals surface area contributed by atoms with Crippen molar-refractivity contribution in [3.05, 3.63) is 28.8 Å². The lowest BCUT2D eigenvalue weighted by Gasteiger charge is -2.22. The lowest BCUT2D eigenvalue weighted by Crippen LogP contribution is -2.47. The van der Waals surface area contributed by atoms with Gasteiger partial charge >= 0.3 is 5.97 Å². The summed E-state index contributed by atoms with van der Waals surface area (Å²) in [5, 5.41) is 3.26. The molecule has 0 aliphatic carbocycles. The normalized spacial score (nSPS) is 13.1. The Morgan fingerprint density at radius 1 is 1.36 bits per heavy atom. The fourth-order valence-electron chi connectivity index (χ4n) is 1.93. The first-order chi connectivity index (χ1) is 10.4. The number of methoxy groups -OCH3 is 1. The van der Waals surface area contributed by atoms with Crippen LogP contribution in [0.2, 0.25) is 5.02 Å². The topological polar surface area (TPSA) is 64.6 Å². The number of benzene rings is 1. The van der Waals surface area contributed by atoms with Gasteiger partial charge in [-0.05, 0) is 36.6 Å². The predicted molar refractivity (Wildman–Crippen MR) is 85.1 cm³/mol. The van der Waals surface area contributed by atoms with Gasteiger partial charge < -0.3 is 14.8 Å². The Labute approximate surface area is 135 Å². The van der Waals surface area contributed by atoms with Gasteiger partial charge in [0.2, 0.25) is 0 Å². The van der Waals surface area contributed by atoms with Gasteiger partial charge in [0.25, 0.3) is 5.91 Å². The van der Waals surface area contributed by atoms with Crippen molar-refractivity contribution in [3.8, 4) is 5.75 Å². The predicted octanol–water partition coefficient (Wildman–Crippen LogP) is 2.73. The molecule has 5 nitrogen and oxygen atoms in total. The lowest BCUT2D eigenvalue weighted by molar-refractivity contribution is -0.146. The molecule has 0 saturated heterocycles. The Kier molecular flexibility index (Phi) is 7.18. The highest BCUT2D eigenvalue weighted by Gasteiger charge is 2.26. The van der Waals surface area contributed by atoms with Crippen LogP contribution in [0, 0.1) is 12.8 Å². The Morgan fingerprint density at radius 2 is 2.05 bits per heavy atom. The minimum atomic E-state index is -0.669. The number of carbonyl (C=O) groups excluding carboxylic acids is 2. The van der Waals surface area contributed by atoms with E-state index in [1.165, 1.54) is 7.11 Å². The van der Waals surface area contributed by atoms with E-state index in [0.717, 1.165) is 12.0 Å². The Morgan fingerprint density at radius 3 is 2.59 bits per heavy atom. The van der Waals surface area contributed by atoms with Gasteiger partial charge in [-0.15, -0.1) is 0 Å². The van der Waals surface area contributed by atoms with Crippen molar-refractivity contribution in [2.75, 3.05) is 13.7 Å². The monoisotopic (exact) mass is 327 g/mol. The van der Waals surface area contributed by atoms with Crippen molar-refractivity contribution in [2.45, 2.75) is 33.2 Å². The molecule has 1 amide bonds. The van der Waals surface area contributed by atoms with Gasteiger partial charge in [-0.3, -0.25) is 4.79 Å². The molecule has 0 aromatic heterocycles. The minimum absolute atomic E-state index is 0.0198. The molecule has 0 fully saturated rings.